The minimum absolute atomic E-state index is 0.420. The largest absolute Gasteiger partial charge is 0.366 e. The number of carbonyl (C=O) groups excluding carboxylic acids is 1. The maximum Gasteiger partial charge on any atom is 0.151 e. The lowest BCUT2D eigenvalue weighted by molar-refractivity contribution is 0.112. The molecule has 0 saturated carbocycles. The van der Waals surface area contributed by atoms with Gasteiger partial charge >= 0.3 is 0 Å². The summed E-state index contributed by atoms with van der Waals surface area (Å²) in [5.41, 5.74) is 1.96. The lowest BCUT2D eigenvalue weighted by Gasteiger charge is -2.17. The molecule has 0 bridgehead atoms. The Hall–Kier alpha value is -2.20. The summed E-state index contributed by atoms with van der Waals surface area (Å²) in [4.78, 5) is 17.3. The van der Waals surface area contributed by atoms with Crippen molar-refractivity contribution in [2.24, 2.45) is 0 Å². The second-order valence-corrected chi connectivity index (χ2v) is 5.45. The van der Waals surface area contributed by atoms with E-state index in [9.17, 15) is 4.79 Å². The van der Waals surface area contributed by atoms with E-state index in [1.54, 1.807) is 12.3 Å². The van der Waals surface area contributed by atoms with Gasteiger partial charge in [-0.2, -0.15) is 0 Å². The van der Waals surface area contributed by atoms with Crippen LogP contribution in [0, 0.1) is 0 Å². The third kappa shape index (κ3) is 3.67. The number of anilines is 1. The van der Waals surface area contributed by atoms with Gasteiger partial charge in [0.25, 0.3) is 0 Å². The van der Waals surface area contributed by atoms with Crippen LogP contribution < -0.4 is 5.32 Å². The summed E-state index contributed by atoms with van der Waals surface area (Å²) >= 11 is 0. The SMILES string of the molecule is O=Cc1ccc(N[C@@H]2CCN(Cc3ccccc3)C2)nc1. The quantitative estimate of drug-likeness (QED) is 0.856. The van der Waals surface area contributed by atoms with E-state index in [2.05, 4.69) is 39.5 Å². The topological polar surface area (TPSA) is 45.2 Å². The predicted molar refractivity (Wildman–Crippen MR) is 83.4 cm³/mol. The first-order chi connectivity index (χ1) is 10.3. The lowest BCUT2D eigenvalue weighted by atomic mass is 10.2. The molecule has 2 heterocycles. The van der Waals surface area contributed by atoms with Gasteiger partial charge in [-0.15, -0.1) is 0 Å². The van der Waals surface area contributed by atoms with E-state index < -0.39 is 0 Å². The van der Waals surface area contributed by atoms with Crippen LogP contribution in [-0.4, -0.2) is 35.3 Å². The predicted octanol–water partition coefficient (Wildman–Crippen LogP) is 2.58. The molecule has 1 aliphatic heterocycles. The Labute approximate surface area is 124 Å². The summed E-state index contributed by atoms with van der Waals surface area (Å²) in [7, 11) is 0. The van der Waals surface area contributed by atoms with Crippen LogP contribution >= 0.6 is 0 Å². The molecule has 4 nitrogen and oxygen atoms in total. The molecule has 108 valence electrons. The van der Waals surface area contributed by atoms with Crippen LogP contribution in [0.15, 0.2) is 48.7 Å². The van der Waals surface area contributed by atoms with E-state index in [1.807, 2.05) is 12.1 Å². The van der Waals surface area contributed by atoms with E-state index in [0.717, 1.165) is 38.2 Å². The fourth-order valence-corrected chi connectivity index (χ4v) is 2.71. The Bertz CT molecular complexity index is 583. The van der Waals surface area contributed by atoms with E-state index in [1.165, 1.54) is 5.56 Å². The molecule has 1 fully saturated rings. The Morgan fingerprint density at radius 1 is 1.24 bits per heavy atom. The number of carbonyl (C=O) groups is 1. The van der Waals surface area contributed by atoms with Crippen LogP contribution in [-0.2, 0) is 6.54 Å². The minimum atomic E-state index is 0.420. The molecule has 21 heavy (non-hydrogen) atoms. The second kappa shape index (κ2) is 6.50. The van der Waals surface area contributed by atoms with Gasteiger partial charge in [0.15, 0.2) is 6.29 Å². The number of nitrogens with one attached hydrogen (secondary N) is 1. The van der Waals surface area contributed by atoms with Crippen molar-refractivity contribution >= 4 is 12.1 Å². The number of aromatic nitrogens is 1. The number of likely N-dealkylation sites (tertiary alicyclic amines) is 1. The average Bonchev–Trinajstić information content (AvgIpc) is 2.96. The molecule has 0 unspecified atom stereocenters. The molecule has 1 saturated heterocycles. The fourth-order valence-electron chi connectivity index (χ4n) is 2.71. The van der Waals surface area contributed by atoms with Crippen molar-refractivity contribution < 1.29 is 4.79 Å². The molecule has 0 aliphatic carbocycles. The minimum Gasteiger partial charge on any atom is -0.366 e. The summed E-state index contributed by atoms with van der Waals surface area (Å²) < 4.78 is 0. The molecule has 0 amide bonds. The van der Waals surface area contributed by atoms with Gasteiger partial charge in [0, 0.05) is 37.4 Å². The Morgan fingerprint density at radius 3 is 2.81 bits per heavy atom. The van der Waals surface area contributed by atoms with E-state index in [0.29, 0.717) is 11.6 Å². The van der Waals surface area contributed by atoms with Crippen LogP contribution in [0.4, 0.5) is 5.82 Å². The number of pyridine rings is 1. The lowest BCUT2D eigenvalue weighted by Crippen LogP contribution is -2.26. The average molecular weight is 281 g/mol. The highest BCUT2D eigenvalue weighted by Crippen LogP contribution is 2.16. The molecular weight excluding hydrogens is 262 g/mol. The molecule has 0 radical (unpaired) electrons. The highest BCUT2D eigenvalue weighted by atomic mass is 16.1. The van der Waals surface area contributed by atoms with Gasteiger partial charge in [-0.1, -0.05) is 30.3 Å². The molecular formula is C17H19N3O. The van der Waals surface area contributed by atoms with Crippen molar-refractivity contribution in [3.05, 3.63) is 59.8 Å². The van der Waals surface area contributed by atoms with Crippen molar-refractivity contribution in [1.29, 1.82) is 0 Å². The number of aldehydes is 1. The standard InChI is InChI=1S/C17H19N3O/c21-13-15-6-7-17(18-10-15)19-16-8-9-20(12-16)11-14-4-2-1-3-5-14/h1-7,10,13,16H,8-9,11-12H2,(H,18,19)/t16-/m1/s1. The van der Waals surface area contributed by atoms with Crippen molar-refractivity contribution in [1.82, 2.24) is 9.88 Å². The summed E-state index contributed by atoms with van der Waals surface area (Å²) in [6.45, 7) is 3.11. The number of benzene rings is 1. The van der Waals surface area contributed by atoms with Crippen molar-refractivity contribution in [3.8, 4) is 0 Å². The molecule has 1 aliphatic rings. The fraction of sp³-hybridized carbons (Fsp3) is 0.294. The second-order valence-electron chi connectivity index (χ2n) is 5.45. The van der Waals surface area contributed by atoms with Crippen molar-refractivity contribution in [2.75, 3.05) is 18.4 Å². The normalized spacial score (nSPS) is 18.6. The highest BCUT2D eigenvalue weighted by molar-refractivity contribution is 5.74. The van der Waals surface area contributed by atoms with Gasteiger partial charge in [0.1, 0.15) is 5.82 Å². The molecule has 1 atom stereocenters. The van der Waals surface area contributed by atoms with Crippen LogP contribution in [0.2, 0.25) is 0 Å². The number of hydrogen-bond donors (Lipinski definition) is 1. The number of rotatable bonds is 5. The Balaban J connectivity index is 1.53. The highest BCUT2D eigenvalue weighted by Gasteiger charge is 2.22. The van der Waals surface area contributed by atoms with Crippen LogP contribution in [0.1, 0.15) is 22.3 Å². The van der Waals surface area contributed by atoms with Crippen molar-refractivity contribution in [2.45, 2.75) is 19.0 Å². The maximum absolute atomic E-state index is 10.6. The van der Waals surface area contributed by atoms with E-state index >= 15 is 0 Å². The third-order valence-electron chi connectivity index (χ3n) is 3.80. The Kier molecular flexibility index (Phi) is 4.26. The van der Waals surface area contributed by atoms with Crippen LogP contribution in [0.5, 0.6) is 0 Å². The smallest absolute Gasteiger partial charge is 0.151 e. The van der Waals surface area contributed by atoms with Gasteiger partial charge in [-0.3, -0.25) is 9.69 Å². The van der Waals surface area contributed by atoms with Crippen LogP contribution in [0.3, 0.4) is 0 Å². The van der Waals surface area contributed by atoms with Gasteiger partial charge in [0.05, 0.1) is 0 Å². The zero-order valence-electron chi connectivity index (χ0n) is 11.9. The van der Waals surface area contributed by atoms with Crippen LogP contribution in [0.25, 0.3) is 0 Å². The van der Waals surface area contributed by atoms with E-state index in [4.69, 9.17) is 0 Å². The summed E-state index contributed by atoms with van der Waals surface area (Å²) in [6, 6.07) is 14.6. The molecule has 2 aromatic rings. The summed E-state index contributed by atoms with van der Waals surface area (Å²) in [6.07, 6.45) is 3.53. The monoisotopic (exact) mass is 281 g/mol. The van der Waals surface area contributed by atoms with Gasteiger partial charge < -0.3 is 5.32 Å². The van der Waals surface area contributed by atoms with Gasteiger partial charge in [-0.05, 0) is 24.1 Å². The molecule has 1 aromatic carbocycles. The molecule has 3 rings (SSSR count). The molecule has 0 spiro atoms. The van der Waals surface area contributed by atoms with Gasteiger partial charge in [-0.25, -0.2) is 4.98 Å². The number of hydrogen-bond acceptors (Lipinski definition) is 4. The van der Waals surface area contributed by atoms with Gasteiger partial charge in [0.2, 0.25) is 0 Å². The number of nitrogens with zero attached hydrogens (tertiary/aromatic N) is 2. The maximum atomic E-state index is 10.6. The third-order valence-corrected chi connectivity index (χ3v) is 3.80. The zero-order valence-corrected chi connectivity index (χ0v) is 11.9. The molecule has 4 heteroatoms. The molecule has 1 N–H and O–H groups in total. The summed E-state index contributed by atoms with van der Waals surface area (Å²) in [5, 5.41) is 3.44. The first-order valence-corrected chi connectivity index (χ1v) is 7.27. The van der Waals surface area contributed by atoms with E-state index in [-0.39, 0.29) is 0 Å². The first kappa shape index (κ1) is 13.8. The zero-order chi connectivity index (χ0) is 14.5. The van der Waals surface area contributed by atoms with Crippen molar-refractivity contribution in [3.63, 3.8) is 0 Å². The first-order valence-electron chi connectivity index (χ1n) is 7.27. The molecule has 1 aromatic heterocycles. The summed E-state index contributed by atoms with van der Waals surface area (Å²) in [5.74, 6) is 0.840. The Morgan fingerprint density at radius 2 is 2.10 bits per heavy atom.